The van der Waals surface area contributed by atoms with Gasteiger partial charge in [0, 0.05) is 42.9 Å². The van der Waals surface area contributed by atoms with E-state index < -0.39 is 11.7 Å². The van der Waals surface area contributed by atoms with Gasteiger partial charge in [0.15, 0.2) is 0 Å². The predicted molar refractivity (Wildman–Crippen MR) is 148 cm³/mol. The van der Waals surface area contributed by atoms with Gasteiger partial charge in [0.25, 0.3) is 0 Å². The summed E-state index contributed by atoms with van der Waals surface area (Å²) in [6, 6.07) is 9.55. The molecule has 1 aliphatic rings. The van der Waals surface area contributed by atoms with Crippen molar-refractivity contribution in [2.45, 2.75) is 71.8 Å². The van der Waals surface area contributed by atoms with E-state index in [1.165, 1.54) is 11.7 Å². The molecule has 0 spiro atoms. The van der Waals surface area contributed by atoms with Crippen molar-refractivity contribution in [2.24, 2.45) is 0 Å². The Bertz CT molecular complexity index is 1330. The SMILES string of the molecule is CCO[C@H]1CCN(Cc2c(OC)nc(C)c3c2ccn3C(=O)OC(C)(C)C)[C@H](c2ccc(C(=O)OC)cc2)C1. The van der Waals surface area contributed by atoms with E-state index in [4.69, 9.17) is 23.9 Å². The van der Waals surface area contributed by atoms with Crippen molar-refractivity contribution in [1.29, 1.82) is 0 Å². The highest BCUT2D eigenvalue weighted by Gasteiger charge is 2.32. The number of rotatable bonds is 7. The Morgan fingerprint density at radius 1 is 1.10 bits per heavy atom. The van der Waals surface area contributed by atoms with Crippen molar-refractivity contribution in [2.75, 3.05) is 27.4 Å². The molecule has 3 aromatic rings. The summed E-state index contributed by atoms with van der Waals surface area (Å²) < 4.78 is 23.8. The molecule has 39 heavy (non-hydrogen) atoms. The van der Waals surface area contributed by atoms with E-state index in [-0.39, 0.29) is 18.1 Å². The Hall–Kier alpha value is -3.43. The second-order valence-electron chi connectivity index (χ2n) is 10.8. The topological polar surface area (TPSA) is 92.1 Å². The molecule has 9 heteroatoms. The molecule has 0 amide bonds. The van der Waals surface area contributed by atoms with Crippen molar-refractivity contribution >= 4 is 23.0 Å². The number of carbonyl (C=O) groups excluding carboxylic acids is 2. The van der Waals surface area contributed by atoms with Gasteiger partial charge in [-0.2, -0.15) is 0 Å². The third kappa shape index (κ3) is 6.25. The Morgan fingerprint density at radius 2 is 1.82 bits per heavy atom. The van der Waals surface area contributed by atoms with E-state index in [1.807, 2.05) is 52.8 Å². The number of likely N-dealkylation sites (tertiary alicyclic amines) is 1. The molecule has 210 valence electrons. The third-order valence-electron chi connectivity index (χ3n) is 7.01. The van der Waals surface area contributed by atoms with Gasteiger partial charge in [0.2, 0.25) is 5.88 Å². The van der Waals surface area contributed by atoms with Crippen LogP contribution >= 0.6 is 0 Å². The van der Waals surface area contributed by atoms with Gasteiger partial charge < -0.3 is 18.9 Å². The lowest BCUT2D eigenvalue weighted by Crippen LogP contribution is -2.39. The average Bonchev–Trinajstić information content (AvgIpc) is 3.36. The first-order valence-electron chi connectivity index (χ1n) is 13.4. The van der Waals surface area contributed by atoms with Gasteiger partial charge in [0.05, 0.1) is 37.1 Å². The minimum atomic E-state index is -0.619. The number of aryl methyl sites for hydroxylation is 1. The van der Waals surface area contributed by atoms with Gasteiger partial charge in [-0.25, -0.2) is 14.6 Å². The largest absolute Gasteiger partial charge is 0.481 e. The number of pyridine rings is 1. The molecule has 0 bridgehead atoms. The van der Waals surface area contributed by atoms with Gasteiger partial charge in [0.1, 0.15) is 5.60 Å². The van der Waals surface area contributed by atoms with Gasteiger partial charge >= 0.3 is 12.1 Å². The van der Waals surface area contributed by atoms with Crippen molar-refractivity contribution in [3.05, 3.63) is 58.9 Å². The number of esters is 1. The Kier molecular flexibility index (Phi) is 8.61. The Morgan fingerprint density at radius 3 is 2.44 bits per heavy atom. The van der Waals surface area contributed by atoms with Crippen LogP contribution in [0, 0.1) is 6.92 Å². The van der Waals surface area contributed by atoms with Crippen LogP contribution in [0.25, 0.3) is 10.9 Å². The number of benzene rings is 1. The fraction of sp³-hybridized carbons (Fsp3) is 0.500. The number of hydrogen-bond acceptors (Lipinski definition) is 8. The number of carbonyl (C=O) groups is 2. The number of hydrogen-bond donors (Lipinski definition) is 0. The minimum Gasteiger partial charge on any atom is -0.481 e. The second-order valence-corrected chi connectivity index (χ2v) is 10.8. The lowest BCUT2D eigenvalue weighted by atomic mass is 9.92. The van der Waals surface area contributed by atoms with Crippen LogP contribution in [0.15, 0.2) is 36.5 Å². The van der Waals surface area contributed by atoms with Crippen LogP contribution in [0.5, 0.6) is 5.88 Å². The number of nitrogens with zero attached hydrogens (tertiary/aromatic N) is 3. The summed E-state index contributed by atoms with van der Waals surface area (Å²) >= 11 is 0. The normalized spacial score (nSPS) is 18.2. The lowest BCUT2D eigenvalue weighted by molar-refractivity contribution is -0.0138. The van der Waals surface area contributed by atoms with Crippen molar-refractivity contribution in [3.63, 3.8) is 0 Å². The van der Waals surface area contributed by atoms with Gasteiger partial charge in [-0.3, -0.25) is 9.47 Å². The van der Waals surface area contributed by atoms with Crippen molar-refractivity contribution in [1.82, 2.24) is 14.5 Å². The first kappa shape index (κ1) is 28.6. The van der Waals surface area contributed by atoms with Gasteiger partial charge in [-0.15, -0.1) is 0 Å². The Balaban J connectivity index is 1.72. The molecule has 0 saturated carbocycles. The van der Waals surface area contributed by atoms with Crippen LogP contribution < -0.4 is 4.74 Å². The highest BCUT2D eigenvalue weighted by atomic mass is 16.6. The number of piperidine rings is 1. The summed E-state index contributed by atoms with van der Waals surface area (Å²) in [6.45, 7) is 11.5. The van der Waals surface area contributed by atoms with Crippen LogP contribution in [-0.2, 0) is 20.8 Å². The maximum absolute atomic E-state index is 13.0. The van der Waals surface area contributed by atoms with Crippen LogP contribution in [0.3, 0.4) is 0 Å². The van der Waals surface area contributed by atoms with Crippen LogP contribution in [0.4, 0.5) is 4.79 Å². The number of aromatic nitrogens is 2. The average molecular weight is 538 g/mol. The molecule has 2 aromatic heterocycles. The number of methoxy groups -OCH3 is 2. The fourth-order valence-electron chi connectivity index (χ4n) is 5.28. The first-order chi connectivity index (χ1) is 18.6. The first-order valence-corrected chi connectivity index (χ1v) is 13.4. The van der Waals surface area contributed by atoms with E-state index >= 15 is 0 Å². The Labute approximate surface area is 230 Å². The van der Waals surface area contributed by atoms with Crippen LogP contribution in [0.1, 0.15) is 73.8 Å². The molecule has 0 aliphatic carbocycles. The summed E-state index contributed by atoms with van der Waals surface area (Å²) in [5.74, 6) is 0.176. The summed E-state index contributed by atoms with van der Waals surface area (Å²) in [5, 5.41) is 0.900. The van der Waals surface area contributed by atoms with Crippen LogP contribution in [-0.4, -0.2) is 65.6 Å². The summed E-state index contributed by atoms with van der Waals surface area (Å²) in [6.07, 6.45) is 3.15. The highest BCUT2D eigenvalue weighted by molar-refractivity contribution is 5.93. The molecule has 3 heterocycles. The molecule has 0 radical (unpaired) electrons. The van der Waals surface area contributed by atoms with E-state index in [1.54, 1.807) is 25.4 Å². The molecule has 2 atom stereocenters. The van der Waals surface area contributed by atoms with E-state index in [9.17, 15) is 9.59 Å². The zero-order valence-electron chi connectivity index (χ0n) is 23.9. The van der Waals surface area contributed by atoms with Gasteiger partial charge in [-0.05, 0) is 71.2 Å². The molecule has 1 aliphatic heterocycles. The molecule has 0 unspecified atom stereocenters. The molecule has 1 saturated heterocycles. The van der Waals surface area contributed by atoms with Crippen molar-refractivity contribution < 1.29 is 28.5 Å². The van der Waals surface area contributed by atoms with Gasteiger partial charge in [-0.1, -0.05) is 12.1 Å². The smallest absolute Gasteiger partial charge is 0.419 e. The molecular weight excluding hydrogens is 498 g/mol. The number of ether oxygens (including phenoxy) is 4. The molecular formula is C30H39N3O6. The maximum atomic E-state index is 13.0. The summed E-state index contributed by atoms with van der Waals surface area (Å²) in [5.41, 5.74) is 3.29. The van der Waals surface area contributed by atoms with Crippen LogP contribution in [0.2, 0.25) is 0 Å². The van der Waals surface area contributed by atoms with E-state index in [0.717, 1.165) is 35.9 Å². The fourth-order valence-corrected chi connectivity index (χ4v) is 5.28. The lowest BCUT2D eigenvalue weighted by Gasteiger charge is -2.40. The molecule has 1 fully saturated rings. The highest BCUT2D eigenvalue weighted by Crippen LogP contribution is 2.37. The molecule has 1 aromatic carbocycles. The maximum Gasteiger partial charge on any atom is 0.419 e. The second kappa shape index (κ2) is 11.8. The third-order valence-corrected chi connectivity index (χ3v) is 7.01. The zero-order valence-corrected chi connectivity index (χ0v) is 23.9. The van der Waals surface area contributed by atoms with E-state index in [0.29, 0.717) is 35.8 Å². The molecule has 4 rings (SSSR count). The van der Waals surface area contributed by atoms with E-state index in [2.05, 4.69) is 4.90 Å². The minimum absolute atomic E-state index is 0.0518. The zero-order chi connectivity index (χ0) is 28.3. The standard InChI is InChI=1S/C30H39N3O6/c1-8-38-22-13-15-32(25(17-22)20-9-11-21(12-10-20)28(34)37-7)18-24-23-14-16-33(29(35)39-30(3,4)5)26(23)19(2)31-27(24)36-6/h9-12,14,16,22,25H,8,13,15,17-18H2,1-7H3/t22-,25-/m0/s1. The summed E-state index contributed by atoms with van der Waals surface area (Å²) in [7, 11) is 3.00. The number of fused-ring (bicyclic) bond motifs is 1. The van der Waals surface area contributed by atoms with Crippen molar-refractivity contribution in [3.8, 4) is 5.88 Å². The summed E-state index contributed by atoms with van der Waals surface area (Å²) in [4.78, 5) is 32.1. The molecule has 0 N–H and O–H groups in total. The quantitative estimate of drug-likeness (QED) is 0.356. The monoisotopic (exact) mass is 537 g/mol. The predicted octanol–water partition coefficient (Wildman–Crippen LogP) is 5.67. The molecule has 9 nitrogen and oxygen atoms in total.